The minimum absolute atomic E-state index is 0.0747. The Hall–Kier alpha value is -2.60. The average Bonchev–Trinajstić information content (AvgIpc) is 2.49. The average molecular weight is 321 g/mol. The van der Waals surface area contributed by atoms with Crippen molar-refractivity contribution in [1.29, 1.82) is 0 Å². The van der Waals surface area contributed by atoms with Gasteiger partial charge in [0.15, 0.2) is 0 Å². The minimum atomic E-state index is -0.601. The molecule has 1 amide bonds. The van der Waals surface area contributed by atoms with E-state index in [1.54, 1.807) is 31.2 Å². The molecule has 2 aromatic rings. The lowest BCUT2D eigenvalue weighted by Crippen LogP contribution is -2.14. The number of ether oxygens (including phenoxy) is 1. The molecule has 6 nitrogen and oxygen atoms in total. The van der Waals surface area contributed by atoms with Crippen LogP contribution in [0.1, 0.15) is 17.3 Å². The fourth-order valence-corrected chi connectivity index (χ4v) is 2.05. The number of nitrogens with zero attached hydrogens (tertiary/aromatic N) is 1. The van der Waals surface area contributed by atoms with Crippen LogP contribution in [0.5, 0.6) is 5.75 Å². The van der Waals surface area contributed by atoms with E-state index < -0.39 is 10.8 Å². The molecule has 0 heterocycles. The molecule has 1 N–H and O–H groups in total. The normalized spacial score (nSPS) is 10.1. The van der Waals surface area contributed by atoms with Gasteiger partial charge < -0.3 is 10.1 Å². The van der Waals surface area contributed by atoms with Crippen molar-refractivity contribution in [2.24, 2.45) is 0 Å². The highest BCUT2D eigenvalue weighted by atomic mass is 35.5. The van der Waals surface area contributed by atoms with Gasteiger partial charge in [-0.15, -0.1) is 0 Å². The van der Waals surface area contributed by atoms with Gasteiger partial charge in [0.2, 0.25) is 0 Å². The first-order valence-corrected chi connectivity index (χ1v) is 6.88. The predicted octanol–water partition coefficient (Wildman–Crippen LogP) is 3.90. The van der Waals surface area contributed by atoms with Gasteiger partial charge in [-0.05, 0) is 31.2 Å². The van der Waals surface area contributed by atoms with Gasteiger partial charge in [-0.2, -0.15) is 0 Å². The van der Waals surface area contributed by atoms with Gasteiger partial charge in [0.25, 0.3) is 11.6 Å². The Morgan fingerprint density at radius 1 is 1.32 bits per heavy atom. The summed E-state index contributed by atoms with van der Waals surface area (Å²) in [6.07, 6.45) is 0. The van der Waals surface area contributed by atoms with Crippen molar-refractivity contribution < 1.29 is 14.5 Å². The number of amides is 1. The molecule has 2 aromatic carbocycles. The summed E-state index contributed by atoms with van der Waals surface area (Å²) in [4.78, 5) is 22.8. The van der Waals surface area contributed by atoms with Crippen LogP contribution in [0.3, 0.4) is 0 Å². The highest BCUT2D eigenvalue weighted by Crippen LogP contribution is 2.29. The van der Waals surface area contributed by atoms with E-state index in [-0.39, 0.29) is 16.4 Å². The van der Waals surface area contributed by atoms with Gasteiger partial charge in [-0.25, -0.2) is 0 Å². The lowest BCUT2D eigenvalue weighted by Gasteiger charge is -2.10. The van der Waals surface area contributed by atoms with Gasteiger partial charge in [0, 0.05) is 11.1 Å². The summed E-state index contributed by atoms with van der Waals surface area (Å²) in [7, 11) is 0. The molecule has 22 heavy (non-hydrogen) atoms. The molecule has 7 heteroatoms. The fraction of sp³-hybridized carbons (Fsp3) is 0.133. The lowest BCUT2D eigenvalue weighted by atomic mass is 10.1. The number of para-hydroxylation sites is 1. The molecule has 0 aliphatic heterocycles. The first-order valence-electron chi connectivity index (χ1n) is 6.50. The maximum absolute atomic E-state index is 12.3. The number of nitro benzene ring substituents is 1. The Bertz CT molecular complexity index is 718. The first kappa shape index (κ1) is 15.8. The molecular weight excluding hydrogens is 308 g/mol. The molecule has 0 bridgehead atoms. The third kappa shape index (κ3) is 3.53. The zero-order chi connectivity index (χ0) is 16.1. The highest BCUT2D eigenvalue weighted by Gasteiger charge is 2.19. The highest BCUT2D eigenvalue weighted by molar-refractivity contribution is 6.31. The van der Waals surface area contributed by atoms with E-state index in [9.17, 15) is 14.9 Å². The molecule has 0 atom stereocenters. The number of carbonyl (C=O) groups excluding carboxylic acids is 1. The van der Waals surface area contributed by atoms with Gasteiger partial charge in [0.1, 0.15) is 11.4 Å². The van der Waals surface area contributed by atoms with Crippen molar-refractivity contribution in [3.8, 4) is 5.75 Å². The minimum Gasteiger partial charge on any atom is -0.493 e. The second-order valence-corrected chi connectivity index (χ2v) is 4.74. The smallest absolute Gasteiger partial charge is 0.294 e. The van der Waals surface area contributed by atoms with Crippen molar-refractivity contribution in [1.82, 2.24) is 0 Å². The SMILES string of the molecule is CCOc1ccccc1C(=O)Nc1ccc(Cl)cc1[N+](=O)[O-]. The molecule has 0 radical (unpaired) electrons. The molecule has 0 saturated carbocycles. The molecule has 0 aromatic heterocycles. The van der Waals surface area contributed by atoms with Crippen LogP contribution in [0.4, 0.5) is 11.4 Å². The van der Waals surface area contributed by atoms with Crippen LogP contribution < -0.4 is 10.1 Å². The molecule has 0 aliphatic rings. The van der Waals surface area contributed by atoms with E-state index >= 15 is 0 Å². The molecular formula is C15H13ClN2O4. The molecule has 0 aliphatic carbocycles. The summed E-state index contributed by atoms with van der Waals surface area (Å²) in [5, 5.41) is 13.8. The van der Waals surface area contributed by atoms with Crippen LogP contribution in [0.2, 0.25) is 5.02 Å². The number of rotatable bonds is 5. The number of nitrogens with one attached hydrogen (secondary N) is 1. The summed E-state index contributed by atoms with van der Waals surface area (Å²) in [6.45, 7) is 2.21. The largest absolute Gasteiger partial charge is 0.493 e. The Kier molecular flexibility index (Phi) is 4.95. The number of benzene rings is 2. The van der Waals surface area contributed by atoms with Gasteiger partial charge >= 0.3 is 0 Å². The van der Waals surface area contributed by atoms with Crippen LogP contribution in [-0.2, 0) is 0 Å². The van der Waals surface area contributed by atoms with E-state index in [0.717, 1.165) is 0 Å². The molecule has 2 rings (SSSR count). The van der Waals surface area contributed by atoms with E-state index in [4.69, 9.17) is 16.3 Å². The van der Waals surface area contributed by atoms with Gasteiger partial charge in [-0.3, -0.25) is 14.9 Å². The number of hydrogen-bond donors (Lipinski definition) is 1. The van der Waals surface area contributed by atoms with Gasteiger partial charge in [0.05, 0.1) is 17.1 Å². The quantitative estimate of drug-likeness (QED) is 0.669. The van der Waals surface area contributed by atoms with Crippen molar-refractivity contribution >= 4 is 28.9 Å². The van der Waals surface area contributed by atoms with Crippen molar-refractivity contribution in [3.05, 3.63) is 63.2 Å². The van der Waals surface area contributed by atoms with Gasteiger partial charge in [-0.1, -0.05) is 23.7 Å². The monoisotopic (exact) mass is 320 g/mol. The fourth-order valence-electron chi connectivity index (χ4n) is 1.89. The summed E-state index contributed by atoms with van der Waals surface area (Å²) in [5.74, 6) is -0.0754. The summed E-state index contributed by atoms with van der Waals surface area (Å²) >= 11 is 5.74. The second-order valence-electron chi connectivity index (χ2n) is 4.30. The summed E-state index contributed by atoms with van der Waals surface area (Å²) < 4.78 is 5.38. The zero-order valence-electron chi connectivity index (χ0n) is 11.7. The zero-order valence-corrected chi connectivity index (χ0v) is 12.5. The van der Waals surface area contributed by atoms with Crippen LogP contribution in [0, 0.1) is 10.1 Å². The summed E-state index contributed by atoms with van der Waals surface area (Å²) in [6, 6.07) is 10.7. The molecule has 0 unspecified atom stereocenters. The molecule has 114 valence electrons. The number of hydrogen-bond acceptors (Lipinski definition) is 4. The maximum atomic E-state index is 12.3. The Morgan fingerprint density at radius 3 is 2.73 bits per heavy atom. The maximum Gasteiger partial charge on any atom is 0.294 e. The number of nitro groups is 1. The standard InChI is InChI=1S/C15H13ClN2O4/c1-2-22-14-6-4-3-5-11(14)15(19)17-12-8-7-10(16)9-13(12)18(20)21/h3-9H,2H2,1H3,(H,17,19). The van der Waals surface area contributed by atoms with Crippen LogP contribution >= 0.6 is 11.6 Å². The second kappa shape index (κ2) is 6.91. The van der Waals surface area contributed by atoms with E-state index in [1.165, 1.54) is 18.2 Å². The third-order valence-electron chi connectivity index (χ3n) is 2.84. The van der Waals surface area contributed by atoms with Crippen LogP contribution in [0.25, 0.3) is 0 Å². The lowest BCUT2D eigenvalue weighted by molar-refractivity contribution is -0.383. The number of halogens is 1. The predicted molar refractivity (Wildman–Crippen MR) is 83.7 cm³/mol. The third-order valence-corrected chi connectivity index (χ3v) is 3.07. The molecule has 0 saturated heterocycles. The van der Waals surface area contributed by atoms with Crippen molar-refractivity contribution in [2.45, 2.75) is 6.92 Å². The molecule has 0 fully saturated rings. The Morgan fingerprint density at radius 2 is 2.05 bits per heavy atom. The van der Waals surface area contributed by atoms with E-state index in [2.05, 4.69) is 5.32 Å². The van der Waals surface area contributed by atoms with Crippen molar-refractivity contribution in [3.63, 3.8) is 0 Å². The molecule has 0 spiro atoms. The van der Waals surface area contributed by atoms with E-state index in [0.29, 0.717) is 17.9 Å². The van der Waals surface area contributed by atoms with Crippen LogP contribution in [-0.4, -0.2) is 17.4 Å². The first-order chi connectivity index (χ1) is 10.5. The summed E-state index contributed by atoms with van der Waals surface area (Å²) in [5.41, 5.74) is 0.106. The van der Waals surface area contributed by atoms with Crippen LogP contribution in [0.15, 0.2) is 42.5 Å². The number of anilines is 1. The van der Waals surface area contributed by atoms with E-state index in [1.807, 2.05) is 0 Å². The van der Waals surface area contributed by atoms with Crippen molar-refractivity contribution in [2.75, 3.05) is 11.9 Å². The Labute approximate surface area is 131 Å². The topological polar surface area (TPSA) is 81.5 Å². The Balaban J connectivity index is 2.32. The number of carbonyl (C=O) groups is 1.